The maximum Gasteiger partial charge on any atom is 0.275 e. The van der Waals surface area contributed by atoms with Crippen molar-refractivity contribution in [3.63, 3.8) is 0 Å². The molecule has 11 nitrogen and oxygen atoms in total. The van der Waals surface area contributed by atoms with E-state index in [9.17, 15) is 14.4 Å². The number of nitrogens with one attached hydrogen (secondary N) is 4. The number of quaternary nitrogens is 1. The van der Waals surface area contributed by atoms with Crippen LogP contribution >= 0.6 is 11.6 Å². The highest BCUT2D eigenvalue weighted by Crippen LogP contribution is 2.34. The number of aryl methyl sites for hydroxylation is 2. The number of amides is 3. The zero-order valence-electron chi connectivity index (χ0n) is 21.5. The minimum absolute atomic E-state index is 0.142. The normalized spacial score (nSPS) is 11.5. The monoisotopic (exact) mass is 525 g/mol. The summed E-state index contributed by atoms with van der Waals surface area (Å²) in [7, 11) is 5.06. The molecule has 3 aromatic heterocycles. The van der Waals surface area contributed by atoms with Crippen LogP contribution in [0.15, 0.2) is 30.5 Å². The van der Waals surface area contributed by atoms with Gasteiger partial charge in [-0.05, 0) is 57.6 Å². The number of aromatic nitrogens is 3. The fourth-order valence-electron chi connectivity index (χ4n) is 3.80. The molecule has 37 heavy (non-hydrogen) atoms. The van der Waals surface area contributed by atoms with Gasteiger partial charge in [0.05, 0.1) is 35.1 Å². The maximum absolute atomic E-state index is 12.9. The number of anilines is 2. The number of nitrogens with two attached hydrogens (primary N) is 1. The number of hydrogen-bond donors (Lipinski definition) is 5. The van der Waals surface area contributed by atoms with Crippen molar-refractivity contribution in [1.82, 2.24) is 25.6 Å². The first-order valence-corrected chi connectivity index (χ1v) is 11.9. The van der Waals surface area contributed by atoms with Crippen LogP contribution in [0.4, 0.5) is 17.3 Å². The van der Waals surface area contributed by atoms with Gasteiger partial charge >= 0.3 is 0 Å². The molecule has 0 aliphatic heterocycles. The molecule has 1 unspecified atom stereocenters. The Labute approximate surface area is 219 Å². The molecule has 3 aromatic rings. The zero-order valence-corrected chi connectivity index (χ0v) is 22.2. The van der Waals surface area contributed by atoms with Crippen molar-refractivity contribution in [2.24, 2.45) is 0 Å². The van der Waals surface area contributed by atoms with Gasteiger partial charge in [-0.15, -0.1) is 0 Å². The molecule has 0 spiro atoms. The molecular formula is C25H30ClN8O3+. The summed E-state index contributed by atoms with van der Waals surface area (Å²) >= 11 is 5.88. The zero-order chi connectivity index (χ0) is 27.3. The van der Waals surface area contributed by atoms with E-state index in [2.05, 4.69) is 36.2 Å². The van der Waals surface area contributed by atoms with Crippen LogP contribution in [0.2, 0.25) is 5.02 Å². The minimum atomic E-state index is -0.505. The van der Waals surface area contributed by atoms with Crippen molar-refractivity contribution in [3.05, 3.63) is 58.1 Å². The molecule has 0 aliphatic rings. The van der Waals surface area contributed by atoms with E-state index >= 15 is 0 Å². The molecule has 0 aliphatic carbocycles. The molecule has 0 bridgehead atoms. The Morgan fingerprint density at radius 2 is 1.65 bits per heavy atom. The highest BCUT2D eigenvalue weighted by atomic mass is 35.5. The smallest absolute Gasteiger partial charge is 0.275 e. The van der Waals surface area contributed by atoms with Gasteiger partial charge in [0, 0.05) is 13.2 Å². The third-order valence-corrected chi connectivity index (χ3v) is 5.96. The van der Waals surface area contributed by atoms with Crippen LogP contribution in [0.1, 0.15) is 39.2 Å². The summed E-state index contributed by atoms with van der Waals surface area (Å²) in [6.07, 6.45) is 1.37. The van der Waals surface area contributed by atoms with Crippen LogP contribution in [-0.4, -0.2) is 59.9 Å². The summed E-state index contributed by atoms with van der Waals surface area (Å²) in [6.45, 7) is 5.32. The highest BCUT2D eigenvalue weighted by Gasteiger charge is 2.25. The molecule has 6 N–H and O–H groups in total. The average molecular weight is 526 g/mol. The Bertz CT molecular complexity index is 1340. The lowest BCUT2D eigenvalue weighted by molar-refractivity contribution is -0.539. The molecule has 1 atom stereocenters. The lowest BCUT2D eigenvalue weighted by atomic mass is 9.97. The first-order chi connectivity index (χ1) is 17.6. The summed E-state index contributed by atoms with van der Waals surface area (Å²) in [4.78, 5) is 51.2. The van der Waals surface area contributed by atoms with Crippen molar-refractivity contribution in [3.8, 4) is 11.1 Å². The summed E-state index contributed by atoms with van der Waals surface area (Å²) in [5.74, 6) is -0.695. The van der Waals surface area contributed by atoms with Crippen LogP contribution in [0.5, 0.6) is 0 Å². The third kappa shape index (κ3) is 6.26. The Morgan fingerprint density at radius 3 is 2.22 bits per heavy atom. The summed E-state index contributed by atoms with van der Waals surface area (Å²) < 4.78 is 0. The predicted molar refractivity (Wildman–Crippen MR) is 142 cm³/mol. The van der Waals surface area contributed by atoms with Gasteiger partial charge in [-0.1, -0.05) is 11.6 Å². The van der Waals surface area contributed by atoms with E-state index in [0.29, 0.717) is 38.8 Å². The molecule has 0 saturated carbocycles. The van der Waals surface area contributed by atoms with Gasteiger partial charge in [-0.3, -0.25) is 19.4 Å². The first-order valence-electron chi connectivity index (χ1n) is 11.6. The topological polar surface area (TPSA) is 155 Å². The lowest BCUT2D eigenvalue weighted by Crippen LogP contribution is -2.74. The van der Waals surface area contributed by atoms with Crippen molar-refractivity contribution < 1.29 is 19.7 Å². The van der Waals surface area contributed by atoms with E-state index in [1.165, 1.54) is 12.3 Å². The quantitative estimate of drug-likeness (QED) is 0.300. The van der Waals surface area contributed by atoms with Crippen molar-refractivity contribution in [2.45, 2.75) is 26.8 Å². The van der Waals surface area contributed by atoms with Crippen LogP contribution in [-0.2, 0) is 4.79 Å². The van der Waals surface area contributed by atoms with E-state index in [1.807, 2.05) is 19.3 Å². The van der Waals surface area contributed by atoms with Crippen molar-refractivity contribution in [1.29, 1.82) is 0 Å². The molecule has 0 radical (unpaired) electrons. The van der Waals surface area contributed by atoms with E-state index in [1.54, 1.807) is 46.1 Å². The summed E-state index contributed by atoms with van der Waals surface area (Å²) in [6, 6.07) is 5.90. The standard InChI is InChI=1S/C25H29ClN8O3/c1-12-20(22(28-5)21(13(2)31-12)25(37)29-6)15-9-18(33-23(35)14(3)27-4)32-19(10-15)34-24(36)17-8-7-16(26)11-30-17/h7-11,14,27H,1-6H3,(H,28,31)(H,29,37)(H2,32,33,34,35,36)/p+1. The second-order valence-corrected chi connectivity index (χ2v) is 8.69. The fourth-order valence-corrected chi connectivity index (χ4v) is 3.91. The van der Waals surface area contributed by atoms with Gasteiger partial charge in [-0.2, -0.15) is 0 Å². The van der Waals surface area contributed by atoms with Gasteiger partial charge in [0.25, 0.3) is 11.8 Å². The first kappa shape index (κ1) is 27.7. The third-order valence-electron chi connectivity index (χ3n) is 5.73. The largest absolute Gasteiger partial charge is 0.355 e. The Morgan fingerprint density at radius 1 is 0.973 bits per heavy atom. The second kappa shape index (κ2) is 11.9. The second-order valence-electron chi connectivity index (χ2n) is 8.26. The average Bonchev–Trinajstić information content (AvgIpc) is 2.87. The molecule has 3 amide bonds. The van der Waals surface area contributed by atoms with Crippen LogP contribution in [0.3, 0.4) is 0 Å². The number of pyridine rings is 3. The number of nitrogens with zero attached hydrogens (tertiary/aromatic N) is 3. The Balaban J connectivity index is 2.17. The van der Waals surface area contributed by atoms with Crippen molar-refractivity contribution in [2.75, 3.05) is 31.8 Å². The predicted octanol–water partition coefficient (Wildman–Crippen LogP) is 1.79. The number of carbonyl (C=O) groups excluding carboxylic acids is 3. The molecular weight excluding hydrogens is 496 g/mol. The number of likely N-dealkylation sites (N-methyl/N-ethyl adjacent to an activating group) is 1. The number of hydrogen-bond acceptors (Lipinski definition) is 7. The van der Waals surface area contributed by atoms with E-state index in [4.69, 9.17) is 11.6 Å². The SMILES string of the molecule is CNC(=O)c1c(C)nc(C)c(-c2cc(NC(=O)c3ccc(Cl)cn3)nc(NC(=O)C(C)NC)c2)c1[NH2+]C. The number of rotatable bonds is 8. The van der Waals surface area contributed by atoms with Crippen molar-refractivity contribution >= 4 is 46.6 Å². The molecule has 12 heteroatoms. The highest BCUT2D eigenvalue weighted by molar-refractivity contribution is 6.30. The molecule has 0 aromatic carbocycles. The van der Waals surface area contributed by atoms with Gasteiger partial charge in [0.2, 0.25) is 5.91 Å². The minimum Gasteiger partial charge on any atom is -0.355 e. The van der Waals surface area contributed by atoms with Gasteiger partial charge in [0.1, 0.15) is 22.9 Å². The van der Waals surface area contributed by atoms with E-state index in [0.717, 1.165) is 0 Å². The van der Waals surface area contributed by atoms with E-state index < -0.39 is 11.9 Å². The number of halogens is 1. The molecule has 0 saturated heterocycles. The molecule has 0 fully saturated rings. The van der Waals surface area contributed by atoms with Gasteiger partial charge < -0.3 is 26.6 Å². The Hall–Kier alpha value is -3.93. The van der Waals surface area contributed by atoms with Gasteiger partial charge in [0.15, 0.2) is 5.69 Å². The van der Waals surface area contributed by atoms with E-state index in [-0.39, 0.29) is 29.1 Å². The summed E-state index contributed by atoms with van der Waals surface area (Å²) in [5.41, 5.74) is 3.78. The molecule has 194 valence electrons. The fraction of sp³-hybridized carbons (Fsp3) is 0.280. The molecule has 3 rings (SSSR count). The maximum atomic E-state index is 12.9. The molecule has 3 heterocycles. The lowest BCUT2D eigenvalue weighted by Gasteiger charge is -2.17. The summed E-state index contributed by atoms with van der Waals surface area (Å²) in [5, 5.41) is 13.3. The van der Waals surface area contributed by atoms with Crippen LogP contribution in [0.25, 0.3) is 11.1 Å². The van der Waals surface area contributed by atoms with Crippen LogP contribution in [0, 0.1) is 13.8 Å². The van der Waals surface area contributed by atoms with Crippen LogP contribution < -0.4 is 26.6 Å². The Kier molecular flexibility index (Phi) is 8.87. The number of carbonyl (C=O) groups is 3. The van der Waals surface area contributed by atoms with Gasteiger partial charge in [-0.25, -0.2) is 9.97 Å².